The van der Waals surface area contributed by atoms with E-state index >= 15 is 0 Å². The molecule has 1 aliphatic heterocycles. The third-order valence-electron chi connectivity index (χ3n) is 5.05. The third-order valence-corrected chi connectivity index (χ3v) is 5.05. The zero-order chi connectivity index (χ0) is 18.9. The van der Waals surface area contributed by atoms with Crippen molar-refractivity contribution < 1.29 is 0 Å². The summed E-state index contributed by atoms with van der Waals surface area (Å²) in [5, 5.41) is 5.77. The number of nitrogens with zero attached hydrogens (tertiary/aromatic N) is 1. The Bertz CT molecular complexity index is 1250. The lowest BCUT2D eigenvalue weighted by molar-refractivity contribution is 1.45. The largest absolute Gasteiger partial charge is 0.383 e. The number of nitrogens with one attached hydrogen (secondary N) is 1. The van der Waals surface area contributed by atoms with Gasteiger partial charge in [0.25, 0.3) is 0 Å². The van der Waals surface area contributed by atoms with Crippen LogP contribution in [0.25, 0.3) is 22.9 Å². The van der Waals surface area contributed by atoms with Crippen molar-refractivity contribution in [3.63, 3.8) is 0 Å². The van der Waals surface area contributed by atoms with E-state index in [0.29, 0.717) is 5.84 Å². The quantitative estimate of drug-likeness (QED) is 0.295. The standard InChI is InChI=1S/C25H19N3/c26-25(28-23-13-5-9-17-7-1-3-10-19(17)23)21-11-6-14-24-20(21)16-15-18-8-2-4-12-22(18)27-24/h1-16,27H,(H2,26,28). The van der Waals surface area contributed by atoms with Crippen LogP contribution in [0, 0.1) is 0 Å². The number of hydrogen-bond donors (Lipinski definition) is 2. The van der Waals surface area contributed by atoms with Crippen molar-refractivity contribution in [2.45, 2.75) is 0 Å². The topological polar surface area (TPSA) is 50.4 Å². The van der Waals surface area contributed by atoms with E-state index in [4.69, 9.17) is 10.7 Å². The number of rotatable bonds is 2. The van der Waals surface area contributed by atoms with Gasteiger partial charge in [-0.3, -0.25) is 0 Å². The van der Waals surface area contributed by atoms with E-state index in [9.17, 15) is 0 Å². The number of hydrogen-bond acceptors (Lipinski definition) is 2. The van der Waals surface area contributed by atoms with Crippen LogP contribution in [-0.2, 0) is 0 Å². The lowest BCUT2D eigenvalue weighted by Crippen LogP contribution is -2.15. The molecular weight excluding hydrogens is 342 g/mol. The van der Waals surface area contributed by atoms with Gasteiger partial charge in [0.1, 0.15) is 5.84 Å². The van der Waals surface area contributed by atoms with Crippen LogP contribution < -0.4 is 11.1 Å². The molecule has 4 aromatic rings. The summed E-state index contributed by atoms with van der Waals surface area (Å²) in [6.45, 7) is 0. The van der Waals surface area contributed by atoms with Crippen molar-refractivity contribution in [1.29, 1.82) is 0 Å². The molecule has 1 aliphatic rings. The van der Waals surface area contributed by atoms with Crippen LogP contribution in [0.3, 0.4) is 0 Å². The Labute approximate surface area is 163 Å². The number of amidine groups is 1. The maximum Gasteiger partial charge on any atom is 0.132 e. The highest BCUT2D eigenvalue weighted by Gasteiger charge is 2.13. The van der Waals surface area contributed by atoms with Crippen molar-refractivity contribution in [2.24, 2.45) is 10.7 Å². The summed E-state index contributed by atoms with van der Waals surface area (Å²) < 4.78 is 0. The smallest absolute Gasteiger partial charge is 0.132 e. The maximum absolute atomic E-state index is 6.49. The summed E-state index contributed by atoms with van der Waals surface area (Å²) in [6.07, 6.45) is 4.22. The molecule has 3 nitrogen and oxygen atoms in total. The van der Waals surface area contributed by atoms with Crippen molar-refractivity contribution in [3.05, 3.63) is 102 Å². The van der Waals surface area contributed by atoms with E-state index in [2.05, 4.69) is 53.9 Å². The van der Waals surface area contributed by atoms with E-state index in [1.807, 2.05) is 48.5 Å². The van der Waals surface area contributed by atoms with Gasteiger partial charge in [0.05, 0.1) is 5.69 Å². The van der Waals surface area contributed by atoms with Gasteiger partial charge < -0.3 is 11.1 Å². The Kier molecular flexibility index (Phi) is 3.91. The first kappa shape index (κ1) is 16.3. The van der Waals surface area contributed by atoms with Gasteiger partial charge in [-0.2, -0.15) is 0 Å². The first-order valence-corrected chi connectivity index (χ1v) is 9.29. The van der Waals surface area contributed by atoms with Crippen molar-refractivity contribution in [2.75, 3.05) is 5.32 Å². The summed E-state index contributed by atoms with van der Waals surface area (Å²) in [4.78, 5) is 4.78. The van der Waals surface area contributed by atoms with Gasteiger partial charge in [-0.15, -0.1) is 0 Å². The highest BCUT2D eigenvalue weighted by Crippen LogP contribution is 2.33. The Morgan fingerprint density at radius 3 is 2.43 bits per heavy atom. The first-order chi connectivity index (χ1) is 13.8. The minimum Gasteiger partial charge on any atom is -0.383 e. The average Bonchev–Trinajstić information content (AvgIpc) is 2.93. The molecule has 0 aliphatic carbocycles. The highest BCUT2D eigenvalue weighted by atomic mass is 14.9. The maximum atomic E-state index is 6.49. The molecule has 5 rings (SSSR count). The van der Waals surface area contributed by atoms with Gasteiger partial charge in [-0.1, -0.05) is 78.9 Å². The minimum absolute atomic E-state index is 0.505. The monoisotopic (exact) mass is 361 g/mol. The molecular formula is C25H19N3. The Hall–Kier alpha value is -3.85. The summed E-state index contributed by atoms with van der Waals surface area (Å²) >= 11 is 0. The van der Waals surface area contributed by atoms with E-state index in [-0.39, 0.29) is 0 Å². The summed E-state index contributed by atoms with van der Waals surface area (Å²) in [5.41, 5.74) is 12.6. The van der Waals surface area contributed by atoms with Gasteiger partial charge in [0.15, 0.2) is 0 Å². The highest BCUT2D eigenvalue weighted by molar-refractivity contribution is 6.07. The fourth-order valence-corrected chi connectivity index (χ4v) is 3.65. The first-order valence-electron chi connectivity index (χ1n) is 9.29. The Morgan fingerprint density at radius 1 is 0.714 bits per heavy atom. The van der Waals surface area contributed by atoms with Crippen LogP contribution in [0.1, 0.15) is 16.7 Å². The summed E-state index contributed by atoms with van der Waals surface area (Å²) in [6, 6.07) is 28.7. The second kappa shape index (κ2) is 6.71. The Balaban J connectivity index is 1.63. The molecule has 0 radical (unpaired) electrons. The van der Waals surface area contributed by atoms with Gasteiger partial charge >= 0.3 is 0 Å². The number of fused-ring (bicyclic) bond motifs is 3. The second-order valence-corrected chi connectivity index (χ2v) is 6.81. The van der Waals surface area contributed by atoms with Crippen LogP contribution in [0.4, 0.5) is 17.1 Å². The van der Waals surface area contributed by atoms with Crippen molar-refractivity contribution >= 4 is 45.8 Å². The number of anilines is 2. The predicted molar refractivity (Wildman–Crippen MR) is 119 cm³/mol. The van der Waals surface area contributed by atoms with Crippen LogP contribution in [0.2, 0.25) is 0 Å². The van der Waals surface area contributed by atoms with Crippen molar-refractivity contribution in [1.82, 2.24) is 0 Å². The number of benzene rings is 4. The Morgan fingerprint density at radius 2 is 1.46 bits per heavy atom. The molecule has 0 atom stereocenters. The number of nitrogens with two attached hydrogens (primary N) is 1. The van der Waals surface area contributed by atoms with Gasteiger partial charge in [0.2, 0.25) is 0 Å². The van der Waals surface area contributed by atoms with Crippen LogP contribution in [0.15, 0.2) is 89.9 Å². The molecule has 0 amide bonds. The van der Waals surface area contributed by atoms with Gasteiger partial charge in [0, 0.05) is 27.9 Å². The fourth-order valence-electron chi connectivity index (χ4n) is 3.65. The molecule has 0 aromatic heterocycles. The van der Waals surface area contributed by atoms with E-state index in [1.54, 1.807) is 0 Å². The zero-order valence-electron chi connectivity index (χ0n) is 15.3. The van der Waals surface area contributed by atoms with Crippen LogP contribution in [0.5, 0.6) is 0 Å². The van der Waals surface area contributed by atoms with Gasteiger partial charge in [-0.05, 0) is 29.1 Å². The minimum atomic E-state index is 0.505. The lowest BCUT2D eigenvalue weighted by Gasteiger charge is -2.13. The normalized spacial score (nSPS) is 12.8. The molecule has 3 heteroatoms. The molecule has 134 valence electrons. The van der Waals surface area contributed by atoms with Crippen molar-refractivity contribution in [3.8, 4) is 0 Å². The molecule has 0 unspecified atom stereocenters. The zero-order valence-corrected chi connectivity index (χ0v) is 15.3. The van der Waals surface area contributed by atoms with Crippen LogP contribution in [-0.4, -0.2) is 5.84 Å². The van der Waals surface area contributed by atoms with E-state index < -0.39 is 0 Å². The molecule has 0 spiro atoms. The van der Waals surface area contributed by atoms with E-state index in [1.165, 1.54) is 0 Å². The summed E-state index contributed by atoms with van der Waals surface area (Å²) in [7, 11) is 0. The second-order valence-electron chi connectivity index (χ2n) is 6.81. The van der Waals surface area contributed by atoms with E-state index in [0.717, 1.165) is 44.5 Å². The molecule has 0 saturated carbocycles. The molecule has 0 bridgehead atoms. The SMILES string of the molecule is NC(=Nc1cccc2ccccc12)c1cccc2c1C=Cc1ccccc1N2. The fraction of sp³-hybridized carbons (Fsp3) is 0. The average molecular weight is 361 g/mol. The predicted octanol–water partition coefficient (Wildman–Crippen LogP) is 6.10. The molecule has 0 fully saturated rings. The molecule has 0 saturated heterocycles. The number of aliphatic imine (C=N–C) groups is 1. The number of para-hydroxylation sites is 1. The van der Waals surface area contributed by atoms with Crippen LogP contribution >= 0.6 is 0 Å². The third kappa shape index (κ3) is 2.83. The molecule has 3 N–H and O–H groups in total. The van der Waals surface area contributed by atoms with Gasteiger partial charge in [-0.25, -0.2) is 4.99 Å². The molecule has 28 heavy (non-hydrogen) atoms. The molecule has 4 aromatic carbocycles. The molecule has 1 heterocycles. The lowest BCUT2D eigenvalue weighted by atomic mass is 10.0. The summed E-state index contributed by atoms with van der Waals surface area (Å²) in [5.74, 6) is 0.505.